The average Bonchev–Trinajstić information content (AvgIpc) is 3.10. The molecule has 3 rings (SSSR count). The molecule has 0 spiro atoms. The van der Waals surface area contributed by atoms with Crippen molar-refractivity contribution in [3.8, 4) is 11.3 Å². The van der Waals surface area contributed by atoms with Crippen LogP contribution in [0.3, 0.4) is 0 Å². The van der Waals surface area contributed by atoms with Crippen LogP contribution in [0, 0.1) is 5.92 Å². The van der Waals surface area contributed by atoms with Gasteiger partial charge in [-0.2, -0.15) is 0 Å². The predicted octanol–water partition coefficient (Wildman–Crippen LogP) is 2.33. The Kier molecular flexibility index (Phi) is 4.64. The van der Waals surface area contributed by atoms with Gasteiger partial charge in [0, 0.05) is 24.2 Å². The first-order chi connectivity index (χ1) is 11.6. The topological polar surface area (TPSA) is 75.4 Å². The first-order valence-corrected chi connectivity index (χ1v) is 8.14. The number of benzene rings is 1. The smallest absolute Gasteiger partial charge is 0.254 e. The molecule has 1 saturated heterocycles. The number of carbonyl (C=O) groups is 2. The molecule has 0 unspecified atom stereocenters. The van der Waals surface area contributed by atoms with E-state index in [4.69, 9.17) is 4.42 Å². The van der Waals surface area contributed by atoms with Crippen LogP contribution in [0.2, 0.25) is 0 Å². The van der Waals surface area contributed by atoms with Crippen LogP contribution in [-0.2, 0) is 4.79 Å². The zero-order valence-corrected chi connectivity index (χ0v) is 13.9. The summed E-state index contributed by atoms with van der Waals surface area (Å²) in [5.41, 5.74) is 1.34. The number of amides is 2. The minimum atomic E-state index is -0.416. The lowest BCUT2D eigenvalue weighted by Crippen LogP contribution is -2.57. The molecular weight excluding hydrogens is 306 g/mol. The minimum Gasteiger partial charge on any atom is -0.444 e. The molecule has 1 aliphatic heterocycles. The average molecular weight is 327 g/mol. The third-order valence-corrected chi connectivity index (χ3v) is 4.11. The van der Waals surface area contributed by atoms with Crippen molar-refractivity contribution in [1.29, 1.82) is 0 Å². The number of hydrogen-bond acceptors (Lipinski definition) is 4. The van der Waals surface area contributed by atoms with Gasteiger partial charge in [0.2, 0.25) is 5.91 Å². The Balaban J connectivity index is 1.87. The van der Waals surface area contributed by atoms with Gasteiger partial charge in [0.1, 0.15) is 6.04 Å². The summed E-state index contributed by atoms with van der Waals surface area (Å²) in [6.07, 6.45) is 3.62. The first-order valence-electron chi connectivity index (χ1n) is 8.14. The predicted molar refractivity (Wildman–Crippen MR) is 89.2 cm³/mol. The quantitative estimate of drug-likeness (QED) is 0.935. The molecule has 0 saturated carbocycles. The van der Waals surface area contributed by atoms with Gasteiger partial charge in [-0.15, -0.1) is 0 Å². The maximum atomic E-state index is 13.0. The van der Waals surface area contributed by atoms with E-state index >= 15 is 0 Å². The summed E-state index contributed by atoms with van der Waals surface area (Å²) >= 11 is 0. The highest BCUT2D eigenvalue weighted by molar-refractivity contribution is 5.99. The van der Waals surface area contributed by atoms with E-state index in [0.717, 1.165) is 5.56 Å². The molecule has 6 nitrogen and oxygen atoms in total. The van der Waals surface area contributed by atoms with Crippen LogP contribution in [0.25, 0.3) is 11.3 Å². The Morgan fingerprint density at radius 3 is 3.00 bits per heavy atom. The van der Waals surface area contributed by atoms with Gasteiger partial charge in [-0.25, -0.2) is 4.98 Å². The van der Waals surface area contributed by atoms with Gasteiger partial charge in [-0.1, -0.05) is 26.0 Å². The highest BCUT2D eigenvalue weighted by atomic mass is 16.3. The van der Waals surface area contributed by atoms with Crippen molar-refractivity contribution in [2.45, 2.75) is 26.3 Å². The van der Waals surface area contributed by atoms with E-state index in [9.17, 15) is 9.59 Å². The number of oxazole rings is 1. The van der Waals surface area contributed by atoms with E-state index in [-0.39, 0.29) is 11.8 Å². The Hall–Kier alpha value is -2.63. The molecule has 1 N–H and O–H groups in total. The van der Waals surface area contributed by atoms with E-state index < -0.39 is 6.04 Å². The summed E-state index contributed by atoms with van der Waals surface area (Å²) in [6, 6.07) is 6.81. The van der Waals surface area contributed by atoms with Crippen LogP contribution >= 0.6 is 0 Å². The number of piperazine rings is 1. The highest BCUT2D eigenvalue weighted by Gasteiger charge is 2.33. The monoisotopic (exact) mass is 327 g/mol. The van der Waals surface area contributed by atoms with Gasteiger partial charge < -0.3 is 14.6 Å². The van der Waals surface area contributed by atoms with E-state index in [1.54, 1.807) is 23.2 Å². The Labute approximate surface area is 140 Å². The van der Waals surface area contributed by atoms with Crippen LogP contribution in [-0.4, -0.2) is 40.8 Å². The molecule has 24 heavy (non-hydrogen) atoms. The van der Waals surface area contributed by atoms with Crippen molar-refractivity contribution < 1.29 is 14.0 Å². The van der Waals surface area contributed by atoms with E-state index in [2.05, 4.69) is 24.1 Å². The van der Waals surface area contributed by atoms with Gasteiger partial charge >= 0.3 is 0 Å². The lowest BCUT2D eigenvalue weighted by molar-refractivity contribution is -0.128. The second-order valence-corrected chi connectivity index (χ2v) is 6.38. The van der Waals surface area contributed by atoms with Crippen molar-refractivity contribution in [2.24, 2.45) is 5.92 Å². The third-order valence-electron chi connectivity index (χ3n) is 4.11. The van der Waals surface area contributed by atoms with Crippen LogP contribution in [0.5, 0.6) is 0 Å². The maximum absolute atomic E-state index is 13.0. The Morgan fingerprint density at radius 2 is 2.29 bits per heavy atom. The third kappa shape index (κ3) is 3.32. The SMILES string of the molecule is CC(C)C[C@H]1C(=O)NCCN1C(=O)c1cccc(-c2cnco2)c1. The number of nitrogens with zero attached hydrogens (tertiary/aromatic N) is 2. The lowest BCUT2D eigenvalue weighted by atomic mass is 9.98. The van der Waals surface area contributed by atoms with Crippen LogP contribution in [0.1, 0.15) is 30.6 Å². The van der Waals surface area contributed by atoms with Gasteiger partial charge in [0.15, 0.2) is 12.2 Å². The molecule has 6 heteroatoms. The molecule has 2 heterocycles. The molecule has 126 valence electrons. The van der Waals surface area contributed by atoms with Crippen molar-refractivity contribution >= 4 is 11.8 Å². The molecule has 1 fully saturated rings. The second-order valence-electron chi connectivity index (χ2n) is 6.38. The second kappa shape index (κ2) is 6.86. The molecule has 0 aliphatic carbocycles. The Morgan fingerprint density at radius 1 is 1.46 bits per heavy atom. The summed E-state index contributed by atoms with van der Waals surface area (Å²) in [7, 11) is 0. The summed E-state index contributed by atoms with van der Waals surface area (Å²) in [5, 5.41) is 2.85. The molecule has 2 aromatic rings. The molecule has 1 aromatic heterocycles. The standard InChI is InChI=1S/C18H21N3O3/c1-12(2)8-15-17(22)20-6-7-21(15)18(23)14-5-3-4-13(9-14)16-10-19-11-24-16/h3-5,9-12,15H,6-8H2,1-2H3,(H,20,22)/t15-/m0/s1. The van der Waals surface area contributed by atoms with Crippen LogP contribution in [0.4, 0.5) is 0 Å². The molecule has 2 amide bonds. The number of nitrogens with one attached hydrogen (secondary N) is 1. The molecular formula is C18H21N3O3. The van der Waals surface area contributed by atoms with Gasteiger partial charge in [0.25, 0.3) is 5.91 Å². The van der Waals surface area contributed by atoms with Crippen molar-refractivity contribution in [1.82, 2.24) is 15.2 Å². The fourth-order valence-corrected chi connectivity index (χ4v) is 2.97. The number of hydrogen-bond donors (Lipinski definition) is 1. The fraction of sp³-hybridized carbons (Fsp3) is 0.389. The number of carbonyl (C=O) groups excluding carboxylic acids is 2. The van der Waals surface area contributed by atoms with E-state index in [0.29, 0.717) is 36.8 Å². The summed E-state index contributed by atoms with van der Waals surface area (Å²) in [4.78, 5) is 30.7. The fourth-order valence-electron chi connectivity index (χ4n) is 2.97. The first kappa shape index (κ1) is 16.2. The molecule has 1 aromatic carbocycles. The van der Waals surface area contributed by atoms with Crippen LogP contribution < -0.4 is 5.32 Å². The largest absolute Gasteiger partial charge is 0.444 e. The molecule has 1 atom stereocenters. The van der Waals surface area contributed by atoms with E-state index in [1.165, 1.54) is 6.39 Å². The number of rotatable bonds is 4. The Bertz CT molecular complexity index is 725. The molecule has 1 aliphatic rings. The minimum absolute atomic E-state index is 0.0744. The molecule has 0 bridgehead atoms. The van der Waals surface area contributed by atoms with Crippen molar-refractivity contribution in [3.05, 3.63) is 42.4 Å². The number of aromatic nitrogens is 1. The highest BCUT2D eigenvalue weighted by Crippen LogP contribution is 2.22. The summed E-state index contributed by atoms with van der Waals surface area (Å²) < 4.78 is 5.29. The maximum Gasteiger partial charge on any atom is 0.254 e. The van der Waals surface area contributed by atoms with Crippen LogP contribution in [0.15, 0.2) is 41.3 Å². The lowest BCUT2D eigenvalue weighted by Gasteiger charge is -2.36. The normalized spacial score (nSPS) is 17.9. The zero-order chi connectivity index (χ0) is 17.1. The zero-order valence-electron chi connectivity index (χ0n) is 13.9. The van der Waals surface area contributed by atoms with Crippen molar-refractivity contribution in [3.63, 3.8) is 0 Å². The van der Waals surface area contributed by atoms with Gasteiger partial charge in [-0.3, -0.25) is 9.59 Å². The summed E-state index contributed by atoms with van der Waals surface area (Å²) in [5.74, 6) is 0.737. The summed E-state index contributed by atoms with van der Waals surface area (Å²) in [6.45, 7) is 5.11. The molecule has 0 radical (unpaired) electrons. The van der Waals surface area contributed by atoms with Gasteiger partial charge in [-0.05, 0) is 24.5 Å². The van der Waals surface area contributed by atoms with E-state index in [1.807, 2.05) is 12.1 Å². The van der Waals surface area contributed by atoms with Gasteiger partial charge in [0.05, 0.1) is 6.20 Å². The van der Waals surface area contributed by atoms with Crippen molar-refractivity contribution in [2.75, 3.05) is 13.1 Å².